The number of rotatable bonds is 5. The molecule has 3 amide bonds. The first kappa shape index (κ1) is 22.5. The van der Waals surface area contributed by atoms with Gasteiger partial charge >= 0.3 is 0 Å². The van der Waals surface area contributed by atoms with Crippen LogP contribution in [0.15, 0.2) is 59.1 Å². The van der Waals surface area contributed by atoms with Crippen LogP contribution in [0.3, 0.4) is 0 Å². The maximum absolute atomic E-state index is 13.3. The van der Waals surface area contributed by atoms with Gasteiger partial charge in [-0.3, -0.25) is 14.4 Å². The number of likely N-dealkylation sites (tertiary alicyclic amines) is 2. The number of nitrogens with one attached hydrogen (secondary N) is 1. The highest BCUT2D eigenvalue weighted by atomic mass is 79.9. The number of carbonyl (C=O) groups excluding carboxylic acids is 3. The largest absolute Gasteiger partial charge is 0.341 e. The number of piperidine rings is 1. The lowest BCUT2D eigenvalue weighted by Gasteiger charge is -2.37. The Bertz CT molecular complexity index is 967. The van der Waals surface area contributed by atoms with Gasteiger partial charge in [-0.15, -0.1) is 0 Å². The topological polar surface area (TPSA) is 69.7 Å². The summed E-state index contributed by atoms with van der Waals surface area (Å²) in [7, 11) is 0. The summed E-state index contributed by atoms with van der Waals surface area (Å²) < 4.78 is 0.873. The van der Waals surface area contributed by atoms with Crippen LogP contribution in [0.1, 0.15) is 46.4 Å². The summed E-state index contributed by atoms with van der Waals surface area (Å²) in [5.74, 6) is -0.220. The van der Waals surface area contributed by atoms with Crippen molar-refractivity contribution in [3.8, 4) is 0 Å². The molecule has 0 bridgehead atoms. The fraction of sp³-hybridized carbons (Fsp3) is 0.400. The molecule has 6 nitrogen and oxygen atoms in total. The number of carbonyl (C=O) groups is 3. The fourth-order valence-corrected chi connectivity index (χ4v) is 4.97. The number of amides is 3. The molecule has 0 spiro atoms. The minimum absolute atomic E-state index is 0.000454. The molecule has 0 aliphatic carbocycles. The standard InChI is InChI=1S/C25H28BrN3O3/c26-21-10-6-9-20(17-21)24(31)29-15-11-18(12-16-29)22(25(32)28-13-4-5-14-28)27-23(30)19-7-2-1-3-8-19/h1-3,6-10,17-18,22H,4-5,11-16H2,(H,27,30)/t22-/m0/s1. The fourth-order valence-electron chi connectivity index (χ4n) is 4.57. The van der Waals surface area contributed by atoms with E-state index in [1.807, 2.05) is 52.3 Å². The highest BCUT2D eigenvalue weighted by molar-refractivity contribution is 9.10. The Balaban J connectivity index is 1.45. The van der Waals surface area contributed by atoms with E-state index in [1.165, 1.54) is 0 Å². The lowest BCUT2D eigenvalue weighted by atomic mass is 9.88. The van der Waals surface area contributed by atoms with Crippen LogP contribution < -0.4 is 5.32 Å². The Kier molecular flexibility index (Phi) is 7.25. The van der Waals surface area contributed by atoms with Crippen LogP contribution in [0, 0.1) is 5.92 Å². The van der Waals surface area contributed by atoms with Crippen molar-refractivity contribution in [2.75, 3.05) is 26.2 Å². The Morgan fingerprint density at radius 2 is 1.50 bits per heavy atom. The summed E-state index contributed by atoms with van der Waals surface area (Å²) >= 11 is 3.42. The molecule has 2 aromatic carbocycles. The van der Waals surface area contributed by atoms with Gasteiger partial charge < -0.3 is 15.1 Å². The molecule has 2 aromatic rings. The number of hydrogen-bond acceptors (Lipinski definition) is 3. The van der Waals surface area contributed by atoms with Gasteiger partial charge in [0.2, 0.25) is 5.91 Å². The number of benzene rings is 2. The second kappa shape index (κ2) is 10.3. The summed E-state index contributed by atoms with van der Waals surface area (Å²) in [6.45, 7) is 2.63. The first-order chi connectivity index (χ1) is 15.5. The Labute approximate surface area is 197 Å². The van der Waals surface area contributed by atoms with E-state index in [0.29, 0.717) is 37.1 Å². The summed E-state index contributed by atoms with van der Waals surface area (Å²) in [4.78, 5) is 42.8. The molecule has 1 N–H and O–H groups in total. The maximum atomic E-state index is 13.3. The van der Waals surface area contributed by atoms with Gasteiger partial charge in [-0.2, -0.15) is 0 Å². The SMILES string of the molecule is O=C(N[C@H](C(=O)N1CCCC1)C1CCN(C(=O)c2cccc(Br)c2)CC1)c1ccccc1. The predicted octanol–water partition coefficient (Wildman–Crippen LogP) is 3.72. The molecule has 168 valence electrons. The Morgan fingerprint density at radius 3 is 2.16 bits per heavy atom. The molecular formula is C25H28BrN3O3. The first-order valence-electron chi connectivity index (χ1n) is 11.2. The quantitative estimate of drug-likeness (QED) is 0.684. The normalized spacial score (nSPS) is 17.8. The molecule has 0 unspecified atom stereocenters. The zero-order chi connectivity index (χ0) is 22.5. The highest BCUT2D eigenvalue weighted by Gasteiger charge is 2.37. The third kappa shape index (κ3) is 5.21. The van der Waals surface area contributed by atoms with Crippen molar-refractivity contribution in [3.05, 3.63) is 70.2 Å². The summed E-state index contributed by atoms with van der Waals surface area (Å²) in [6, 6.07) is 15.8. The third-order valence-corrected chi connectivity index (χ3v) is 6.87. The molecule has 7 heteroatoms. The van der Waals surface area contributed by atoms with Crippen molar-refractivity contribution in [3.63, 3.8) is 0 Å². The van der Waals surface area contributed by atoms with E-state index in [9.17, 15) is 14.4 Å². The van der Waals surface area contributed by atoms with Gasteiger partial charge in [-0.1, -0.05) is 40.2 Å². The van der Waals surface area contributed by atoms with Crippen molar-refractivity contribution in [2.24, 2.45) is 5.92 Å². The van der Waals surface area contributed by atoms with E-state index in [-0.39, 0.29) is 23.6 Å². The molecule has 1 atom stereocenters. The summed E-state index contributed by atoms with van der Waals surface area (Å²) in [5, 5.41) is 3.02. The van der Waals surface area contributed by atoms with Crippen LogP contribution >= 0.6 is 15.9 Å². The van der Waals surface area contributed by atoms with Gasteiger partial charge in [0, 0.05) is 41.8 Å². The van der Waals surface area contributed by atoms with Gasteiger partial charge in [-0.05, 0) is 61.9 Å². The van der Waals surface area contributed by atoms with Crippen molar-refractivity contribution in [2.45, 2.75) is 31.7 Å². The number of hydrogen-bond donors (Lipinski definition) is 1. The summed E-state index contributed by atoms with van der Waals surface area (Å²) in [5.41, 5.74) is 1.20. The van der Waals surface area contributed by atoms with E-state index < -0.39 is 6.04 Å². The first-order valence-corrected chi connectivity index (χ1v) is 12.0. The molecule has 0 aromatic heterocycles. The molecule has 0 saturated carbocycles. The molecular weight excluding hydrogens is 470 g/mol. The molecule has 2 aliphatic heterocycles. The molecule has 2 aliphatic rings. The van der Waals surface area contributed by atoms with Crippen LogP contribution in [0.25, 0.3) is 0 Å². The molecule has 4 rings (SSSR count). The zero-order valence-corrected chi connectivity index (χ0v) is 19.6. The summed E-state index contributed by atoms with van der Waals surface area (Å²) in [6.07, 6.45) is 3.37. The van der Waals surface area contributed by atoms with Crippen molar-refractivity contribution in [1.29, 1.82) is 0 Å². The van der Waals surface area contributed by atoms with Crippen LogP contribution in [-0.2, 0) is 4.79 Å². The maximum Gasteiger partial charge on any atom is 0.253 e. The van der Waals surface area contributed by atoms with Crippen LogP contribution in [0.5, 0.6) is 0 Å². The molecule has 2 saturated heterocycles. The van der Waals surface area contributed by atoms with Crippen LogP contribution in [0.2, 0.25) is 0 Å². The average Bonchev–Trinajstić information content (AvgIpc) is 3.37. The average molecular weight is 498 g/mol. The Hall–Kier alpha value is -2.67. The van der Waals surface area contributed by atoms with E-state index >= 15 is 0 Å². The smallest absolute Gasteiger partial charge is 0.253 e. The van der Waals surface area contributed by atoms with E-state index in [2.05, 4.69) is 21.2 Å². The zero-order valence-electron chi connectivity index (χ0n) is 18.0. The minimum atomic E-state index is -0.566. The molecule has 2 heterocycles. The van der Waals surface area contributed by atoms with E-state index in [4.69, 9.17) is 0 Å². The van der Waals surface area contributed by atoms with Gasteiger partial charge in [0.25, 0.3) is 11.8 Å². The van der Waals surface area contributed by atoms with Crippen molar-refractivity contribution < 1.29 is 14.4 Å². The van der Waals surface area contributed by atoms with Crippen LogP contribution in [0.4, 0.5) is 0 Å². The lowest BCUT2D eigenvalue weighted by Crippen LogP contribution is -2.54. The van der Waals surface area contributed by atoms with Crippen LogP contribution in [-0.4, -0.2) is 59.7 Å². The van der Waals surface area contributed by atoms with Crippen molar-refractivity contribution in [1.82, 2.24) is 15.1 Å². The Morgan fingerprint density at radius 1 is 0.844 bits per heavy atom. The molecule has 2 fully saturated rings. The highest BCUT2D eigenvalue weighted by Crippen LogP contribution is 2.25. The van der Waals surface area contributed by atoms with Gasteiger partial charge in [0.15, 0.2) is 0 Å². The molecule has 0 radical (unpaired) electrons. The van der Waals surface area contributed by atoms with E-state index in [0.717, 1.165) is 30.4 Å². The number of nitrogens with zero attached hydrogens (tertiary/aromatic N) is 2. The molecule has 32 heavy (non-hydrogen) atoms. The van der Waals surface area contributed by atoms with Crippen molar-refractivity contribution >= 4 is 33.7 Å². The second-order valence-corrected chi connectivity index (χ2v) is 9.41. The number of halogens is 1. The van der Waals surface area contributed by atoms with E-state index in [1.54, 1.807) is 12.1 Å². The minimum Gasteiger partial charge on any atom is -0.341 e. The van der Waals surface area contributed by atoms with Gasteiger partial charge in [0.05, 0.1) is 0 Å². The second-order valence-electron chi connectivity index (χ2n) is 8.49. The predicted molar refractivity (Wildman–Crippen MR) is 126 cm³/mol. The van der Waals surface area contributed by atoms with Gasteiger partial charge in [-0.25, -0.2) is 0 Å². The lowest BCUT2D eigenvalue weighted by molar-refractivity contribution is -0.134. The van der Waals surface area contributed by atoms with Gasteiger partial charge in [0.1, 0.15) is 6.04 Å². The monoisotopic (exact) mass is 497 g/mol. The third-order valence-electron chi connectivity index (χ3n) is 6.38.